The number of nitrogens with one attached hydrogen (secondary N) is 1. The van der Waals surface area contributed by atoms with Crippen LogP contribution in [0, 0.1) is 0 Å². The van der Waals surface area contributed by atoms with Gasteiger partial charge in [0.05, 0.1) is 5.69 Å². The highest BCUT2D eigenvalue weighted by atomic mass is 16.2. The number of rotatable bonds is 3. The summed E-state index contributed by atoms with van der Waals surface area (Å²) in [4.78, 5) is 25.6. The number of nitrogens with two attached hydrogens (primary N) is 1. The summed E-state index contributed by atoms with van der Waals surface area (Å²) in [6, 6.07) is 1.35. The molecular weight excluding hydrogens is 244 g/mol. The van der Waals surface area contributed by atoms with Gasteiger partial charge in [0.1, 0.15) is 11.7 Å². The number of aromatic nitrogens is 1. The van der Waals surface area contributed by atoms with E-state index in [2.05, 4.69) is 5.32 Å². The molecule has 3 N–H and O–H groups in total. The van der Waals surface area contributed by atoms with E-state index in [4.69, 9.17) is 5.73 Å². The number of nitrogens with zero attached hydrogens (tertiary/aromatic N) is 2. The van der Waals surface area contributed by atoms with Gasteiger partial charge >= 0.3 is 0 Å². The number of hydrogen-bond donors (Lipinski definition) is 2. The molecule has 1 saturated heterocycles. The fraction of sp³-hybridized carbons (Fsp3) is 0.538. The summed E-state index contributed by atoms with van der Waals surface area (Å²) < 4.78 is 1.81. The molecule has 6 heteroatoms. The second-order valence-corrected chi connectivity index (χ2v) is 5.23. The van der Waals surface area contributed by atoms with Gasteiger partial charge in [-0.05, 0) is 26.3 Å². The van der Waals surface area contributed by atoms with Crippen LogP contribution in [0.1, 0.15) is 36.8 Å². The topological polar surface area (TPSA) is 80.4 Å². The van der Waals surface area contributed by atoms with Gasteiger partial charge in [0.15, 0.2) is 0 Å². The van der Waals surface area contributed by atoms with Gasteiger partial charge in [-0.1, -0.05) is 0 Å². The Morgan fingerprint density at radius 3 is 2.74 bits per heavy atom. The van der Waals surface area contributed by atoms with Crippen molar-refractivity contribution in [2.75, 3.05) is 19.3 Å². The molecule has 0 saturated carbocycles. The number of likely N-dealkylation sites (tertiary alicyclic amines) is 1. The number of anilines is 1. The maximum absolute atomic E-state index is 12.2. The Hall–Kier alpha value is -1.98. The van der Waals surface area contributed by atoms with Crippen LogP contribution in [0.4, 0.5) is 5.69 Å². The Balaban J connectivity index is 2.14. The molecule has 0 radical (unpaired) electrons. The van der Waals surface area contributed by atoms with Crippen LogP contribution >= 0.6 is 0 Å². The van der Waals surface area contributed by atoms with E-state index in [0.717, 1.165) is 0 Å². The Morgan fingerprint density at radius 2 is 2.21 bits per heavy atom. The van der Waals surface area contributed by atoms with Gasteiger partial charge in [0.2, 0.25) is 5.91 Å². The molecule has 0 bridgehead atoms. The minimum Gasteiger partial charge on any atom is -0.397 e. The van der Waals surface area contributed by atoms with Crippen molar-refractivity contribution >= 4 is 17.5 Å². The molecule has 104 valence electrons. The first kappa shape index (κ1) is 13.5. The molecule has 1 aromatic heterocycles. The zero-order valence-corrected chi connectivity index (χ0v) is 11.5. The van der Waals surface area contributed by atoms with Crippen molar-refractivity contribution in [1.29, 1.82) is 0 Å². The van der Waals surface area contributed by atoms with Gasteiger partial charge < -0.3 is 20.5 Å². The van der Waals surface area contributed by atoms with E-state index in [-0.39, 0.29) is 17.9 Å². The van der Waals surface area contributed by atoms with E-state index in [1.54, 1.807) is 24.2 Å². The van der Waals surface area contributed by atoms with Gasteiger partial charge in [0, 0.05) is 25.8 Å². The SMILES string of the molecule is CC(C)n1cc(N)cc1C(=O)NC1CCN(C)C1=O. The Kier molecular flexibility index (Phi) is 3.50. The third-order valence-corrected chi connectivity index (χ3v) is 3.39. The fourth-order valence-electron chi connectivity index (χ4n) is 2.30. The van der Waals surface area contributed by atoms with Crippen molar-refractivity contribution < 1.29 is 9.59 Å². The molecule has 6 nitrogen and oxygen atoms in total. The van der Waals surface area contributed by atoms with Gasteiger partial charge in [-0.15, -0.1) is 0 Å². The van der Waals surface area contributed by atoms with Crippen molar-refractivity contribution in [2.24, 2.45) is 0 Å². The average Bonchev–Trinajstić information content (AvgIpc) is 2.87. The third-order valence-electron chi connectivity index (χ3n) is 3.39. The third kappa shape index (κ3) is 2.57. The largest absolute Gasteiger partial charge is 0.397 e. The summed E-state index contributed by atoms with van der Waals surface area (Å²) >= 11 is 0. The number of amides is 2. The predicted octanol–water partition coefficient (Wildman–Crippen LogP) is 0.612. The monoisotopic (exact) mass is 264 g/mol. The van der Waals surface area contributed by atoms with Crippen LogP contribution in [0.2, 0.25) is 0 Å². The van der Waals surface area contributed by atoms with Gasteiger partial charge in [-0.25, -0.2) is 0 Å². The van der Waals surface area contributed by atoms with Crippen LogP contribution in [-0.2, 0) is 4.79 Å². The molecule has 19 heavy (non-hydrogen) atoms. The molecule has 1 unspecified atom stereocenters. The molecule has 2 heterocycles. The van der Waals surface area contributed by atoms with E-state index in [0.29, 0.717) is 24.3 Å². The highest BCUT2D eigenvalue weighted by Gasteiger charge is 2.31. The van der Waals surface area contributed by atoms with Gasteiger partial charge in [-0.2, -0.15) is 0 Å². The smallest absolute Gasteiger partial charge is 0.268 e. The lowest BCUT2D eigenvalue weighted by atomic mass is 10.2. The van der Waals surface area contributed by atoms with E-state index < -0.39 is 6.04 Å². The van der Waals surface area contributed by atoms with Crippen molar-refractivity contribution in [2.45, 2.75) is 32.4 Å². The lowest BCUT2D eigenvalue weighted by molar-refractivity contribution is -0.128. The van der Waals surface area contributed by atoms with Crippen molar-refractivity contribution in [1.82, 2.24) is 14.8 Å². The summed E-state index contributed by atoms with van der Waals surface area (Å²) in [5.41, 5.74) is 6.78. The summed E-state index contributed by atoms with van der Waals surface area (Å²) in [5, 5.41) is 2.78. The molecule has 2 rings (SSSR count). The zero-order chi connectivity index (χ0) is 14.2. The lowest BCUT2D eigenvalue weighted by Gasteiger charge is -2.15. The van der Waals surface area contributed by atoms with Crippen LogP contribution in [0.15, 0.2) is 12.3 Å². The molecule has 1 fully saturated rings. The van der Waals surface area contributed by atoms with E-state index in [9.17, 15) is 9.59 Å². The standard InChI is InChI=1S/C13H20N4O2/c1-8(2)17-7-9(14)6-11(17)12(18)15-10-4-5-16(3)13(10)19/h6-8,10H,4-5,14H2,1-3H3,(H,15,18). The number of carbonyl (C=O) groups is 2. The molecule has 1 aliphatic heterocycles. The van der Waals surface area contributed by atoms with Crippen molar-refractivity contribution in [3.63, 3.8) is 0 Å². The second-order valence-electron chi connectivity index (χ2n) is 5.23. The van der Waals surface area contributed by atoms with Gasteiger partial charge in [0.25, 0.3) is 5.91 Å². The molecular formula is C13H20N4O2. The average molecular weight is 264 g/mol. The van der Waals surface area contributed by atoms with Gasteiger partial charge in [-0.3, -0.25) is 9.59 Å². The highest BCUT2D eigenvalue weighted by Crippen LogP contribution is 2.17. The van der Waals surface area contributed by atoms with Crippen molar-refractivity contribution in [3.8, 4) is 0 Å². The fourth-order valence-corrected chi connectivity index (χ4v) is 2.30. The van der Waals surface area contributed by atoms with Crippen LogP contribution in [-0.4, -0.2) is 40.9 Å². The van der Waals surface area contributed by atoms with Crippen LogP contribution in [0.5, 0.6) is 0 Å². The maximum atomic E-state index is 12.2. The number of hydrogen-bond acceptors (Lipinski definition) is 3. The molecule has 0 aliphatic carbocycles. The second kappa shape index (κ2) is 4.95. The molecule has 1 aromatic rings. The predicted molar refractivity (Wildman–Crippen MR) is 72.7 cm³/mol. The number of nitrogen functional groups attached to an aromatic ring is 1. The molecule has 0 aromatic carbocycles. The summed E-state index contributed by atoms with van der Waals surface area (Å²) in [5.74, 6) is -0.289. The summed E-state index contributed by atoms with van der Waals surface area (Å²) in [6.07, 6.45) is 2.39. The van der Waals surface area contributed by atoms with E-state index in [1.807, 2.05) is 18.4 Å². The lowest BCUT2D eigenvalue weighted by Crippen LogP contribution is -2.41. The quantitative estimate of drug-likeness (QED) is 0.839. The first-order valence-corrected chi connectivity index (χ1v) is 6.43. The van der Waals surface area contributed by atoms with Crippen LogP contribution < -0.4 is 11.1 Å². The normalized spacial score (nSPS) is 19.3. The Morgan fingerprint density at radius 1 is 1.53 bits per heavy atom. The summed E-state index contributed by atoms with van der Waals surface area (Å²) in [6.45, 7) is 4.63. The molecule has 1 aliphatic rings. The zero-order valence-electron chi connectivity index (χ0n) is 11.5. The van der Waals surface area contributed by atoms with E-state index >= 15 is 0 Å². The van der Waals surface area contributed by atoms with Crippen LogP contribution in [0.3, 0.4) is 0 Å². The first-order valence-electron chi connectivity index (χ1n) is 6.43. The minimum atomic E-state index is -0.422. The minimum absolute atomic E-state index is 0.0380. The van der Waals surface area contributed by atoms with Crippen LogP contribution in [0.25, 0.3) is 0 Å². The summed E-state index contributed by atoms with van der Waals surface area (Å²) in [7, 11) is 1.74. The maximum Gasteiger partial charge on any atom is 0.268 e. The molecule has 0 spiro atoms. The first-order chi connectivity index (χ1) is 8.90. The molecule has 2 amide bonds. The number of likely N-dealkylation sites (N-methyl/N-ethyl adjacent to an activating group) is 1. The number of carbonyl (C=O) groups excluding carboxylic acids is 2. The molecule has 1 atom stereocenters. The Bertz CT molecular complexity index is 507. The Labute approximate surface area is 112 Å². The highest BCUT2D eigenvalue weighted by molar-refractivity contribution is 5.97. The van der Waals surface area contributed by atoms with E-state index in [1.165, 1.54) is 0 Å². The van der Waals surface area contributed by atoms with Crippen molar-refractivity contribution in [3.05, 3.63) is 18.0 Å².